The van der Waals surface area contributed by atoms with Crippen molar-refractivity contribution < 1.29 is 9.53 Å². The second-order valence-electron chi connectivity index (χ2n) is 3.10. The summed E-state index contributed by atoms with van der Waals surface area (Å²) in [4.78, 5) is 19.4. The smallest absolute Gasteiger partial charge is 0.275 e. The van der Waals surface area contributed by atoms with Crippen molar-refractivity contribution in [2.24, 2.45) is 0 Å². The highest BCUT2D eigenvalue weighted by Crippen LogP contribution is 2.34. The van der Waals surface area contributed by atoms with Gasteiger partial charge in [0.05, 0.1) is 6.61 Å². The molecular formula is C11H9ClN2O2S. The number of aromatic nitrogens is 2. The Morgan fingerprint density at radius 1 is 1.59 bits per heavy atom. The monoisotopic (exact) mass is 268 g/mol. The molecule has 0 atom stereocenters. The fourth-order valence-electron chi connectivity index (χ4n) is 1.27. The minimum absolute atomic E-state index is 0.164. The van der Waals surface area contributed by atoms with Crippen molar-refractivity contribution in [3.8, 4) is 15.6 Å². The molecule has 2 aromatic rings. The van der Waals surface area contributed by atoms with Crippen LogP contribution in [-0.2, 0) is 0 Å². The maximum Gasteiger partial charge on any atom is 0.275 e. The molecule has 2 aromatic heterocycles. The number of halogens is 1. The third kappa shape index (κ3) is 2.62. The third-order valence-electron chi connectivity index (χ3n) is 1.97. The summed E-state index contributed by atoms with van der Waals surface area (Å²) in [6.45, 7) is 2.30. The molecule has 0 aliphatic carbocycles. The van der Waals surface area contributed by atoms with Crippen LogP contribution in [0, 0.1) is 0 Å². The highest BCUT2D eigenvalue weighted by Gasteiger charge is 2.18. The zero-order valence-corrected chi connectivity index (χ0v) is 10.6. The van der Waals surface area contributed by atoms with E-state index in [-0.39, 0.29) is 5.69 Å². The van der Waals surface area contributed by atoms with Crippen LogP contribution < -0.4 is 4.74 Å². The summed E-state index contributed by atoms with van der Waals surface area (Å²) in [6, 6.07) is 3.67. The molecule has 2 rings (SSSR count). The molecular weight excluding hydrogens is 260 g/mol. The van der Waals surface area contributed by atoms with Crippen LogP contribution in [-0.4, -0.2) is 21.8 Å². The van der Waals surface area contributed by atoms with Gasteiger partial charge < -0.3 is 4.74 Å². The molecule has 0 unspecified atom stereocenters. The zero-order valence-electron chi connectivity index (χ0n) is 9.01. The first-order valence-electron chi connectivity index (χ1n) is 4.96. The molecule has 0 aromatic carbocycles. The van der Waals surface area contributed by atoms with Crippen LogP contribution in [0.2, 0.25) is 0 Å². The maximum atomic E-state index is 11.2. The van der Waals surface area contributed by atoms with Crippen molar-refractivity contribution in [3.63, 3.8) is 0 Å². The van der Waals surface area contributed by atoms with Crippen LogP contribution in [0.4, 0.5) is 0 Å². The number of rotatable bonds is 4. The van der Waals surface area contributed by atoms with Gasteiger partial charge in [-0.2, -0.15) is 0 Å². The van der Waals surface area contributed by atoms with Crippen molar-refractivity contribution >= 4 is 28.2 Å². The standard InChI is InChI=1S/C11H9ClN2O2S/c1-2-16-11-8(9(12)15)14-10(17-11)7-4-3-5-13-6-7/h3-6H,2H2,1H3. The van der Waals surface area contributed by atoms with E-state index in [9.17, 15) is 4.79 Å². The Hall–Kier alpha value is -1.46. The number of ether oxygens (including phenoxy) is 1. The van der Waals surface area contributed by atoms with Crippen molar-refractivity contribution in [2.75, 3.05) is 6.61 Å². The lowest BCUT2D eigenvalue weighted by molar-refractivity contribution is 0.107. The highest BCUT2D eigenvalue weighted by atomic mass is 35.5. The Morgan fingerprint density at radius 3 is 3.00 bits per heavy atom. The van der Waals surface area contributed by atoms with Crippen LogP contribution in [0.5, 0.6) is 5.06 Å². The summed E-state index contributed by atoms with van der Waals surface area (Å²) >= 11 is 6.74. The molecule has 0 radical (unpaired) electrons. The third-order valence-corrected chi connectivity index (χ3v) is 3.16. The van der Waals surface area contributed by atoms with Crippen molar-refractivity contribution in [1.29, 1.82) is 0 Å². The molecule has 2 heterocycles. The van der Waals surface area contributed by atoms with Crippen LogP contribution >= 0.6 is 22.9 Å². The summed E-state index contributed by atoms with van der Waals surface area (Å²) in [6.07, 6.45) is 3.35. The van der Waals surface area contributed by atoms with E-state index in [1.807, 2.05) is 13.0 Å². The molecule has 88 valence electrons. The average molecular weight is 269 g/mol. The second kappa shape index (κ2) is 5.25. The number of pyridine rings is 1. The van der Waals surface area contributed by atoms with Gasteiger partial charge in [0, 0.05) is 18.0 Å². The first-order valence-corrected chi connectivity index (χ1v) is 6.15. The van der Waals surface area contributed by atoms with Crippen LogP contribution in [0.3, 0.4) is 0 Å². The quantitative estimate of drug-likeness (QED) is 0.800. The molecule has 0 bridgehead atoms. The summed E-state index contributed by atoms with van der Waals surface area (Å²) in [5, 5.41) is 0.511. The lowest BCUT2D eigenvalue weighted by atomic mass is 10.3. The minimum Gasteiger partial charge on any atom is -0.482 e. The lowest BCUT2D eigenvalue weighted by Gasteiger charge is -1.97. The van der Waals surface area contributed by atoms with E-state index in [0.29, 0.717) is 16.7 Å². The van der Waals surface area contributed by atoms with E-state index in [1.165, 1.54) is 11.3 Å². The molecule has 4 nitrogen and oxygen atoms in total. The fraction of sp³-hybridized carbons (Fsp3) is 0.182. The molecule has 6 heteroatoms. The van der Waals surface area contributed by atoms with Gasteiger partial charge in [-0.05, 0) is 30.7 Å². The predicted octanol–water partition coefficient (Wildman–Crippen LogP) is 2.98. The van der Waals surface area contributed by atoms with E-state index in [0.717, 1.165) is 5.56 Å². The second-order valence-corrected chi connectivity index (χ2v) is 4.41. The molecule has 0 spiro atoms. The maximum absolute atomic E-state index is 11.2. The van der Waals surface area contributed by atoms with E-state index < -0.39 is 5.24 Å². The van der Waals surface area contributed by atoms with Gasteiger partial charge in [-0.3, -0.25) is 9.78 Å². The van der Waals surface area contributed by atoms with Crippen molar-refractivity contribution in [1.82, 2.24) is 9.97 Å². The summed E-state index contributed by atoms with van der Waals surface area (Å²) in [5.74, 6) is 0. The number of hydrogen-bond acceptors (Lipinski definition) is 5. The van der Waals surface area contributed by atoms with E-state index >= 15 is 0 Å². The molecule has 17 heavy (non-hydrogen) atoms. The van der Waals surface area contributed by atoms with Gasteiger partial charge in [0.25, 0.3) is 5.24 Å². The van der Waals surface area contributed by atoms with E-state index in [2.05, 4.69) is 9.97 Å². The van der Waals surface area contributed by atoms with Gasteiger partial charge in [0.2, 0.25) is 5.06 Å². The Morgan fingerprint density at radius 2 is 2.41 bits per heavy atom. The van der Waals surface area contributed by atoms with Crippen molar-refractivity contribution in [3.05, 3.63) is 30.2 Å². The van der Waals surface area contributed by atoms with E-state index in [4.69, 9.17) is 16.3 Å². The number of carbonyl (C=O) groups is 1. The normalized spacial score (nSPS) is 10.2. The van der Waals surface area contributed by atoms with Gasteiger partial charge in [0.15, 0.2) is 5.69 Å². The molecule has 0 saturated carbocycles. The summed E-state index contributed by atoms with van der Waals surface area (Å²) < 4.78 is 5.33. The Labute approximate surface area is 107 Å². The molecule has 0 fully saturated rings. The fourth-order valence-corrected chi connectivity index (χ4v) is 2.42. The topological polar surface area (TPSA) is 52.1 Å². The Kier molecular flexibility index (Phi) is 3.71. The summed E-state index contributed by atoms with van der Waals surface area (Å²) in [5.41, 5.74) is 1.000. The van der Waals surface area contributed by atoms with Crippen LogP contribution in [0.25, 0.3) is 10.6 Å². The van der Waals surface area contributed by atoms with Gasteiger partial charge in [0.1, 0.15) is 5.01 Å². The average Bonchev–Trinajstić information content (AvgIpc) is 2.75. The van der Waals surface area contributed by atoms with Crippen molar-refractivity contribution in [2.45, 2.75) is 6.92 Å². The lowest BCUT2D eigenvalue weighted by Crippen LogP contribution is -1.96. The molecule has 0 amide bonds. The molecule has 0 aliphatic rings. The first-order chi connectivity index (χ1) is 8.22. The predicted molar refractivity (Wildman–Crippen MR) is 66.7 cm³/mol. The number of hydrogen-bond donors (Lipinski definition) is 0. The van der Waals surface area contributed by atoms with Gasteiger partial charge in [-0.15, -0.1) is 0 Å². The number of thiazole rings is 1. The van der Waals surface area contributed by atoms with Gasteiger partial charge in [-0.25, -0.2) is 4.98 Å². The minimum atomic E-state index is -0.611. The number of nitrogens with zero attached hydrogens (tertiary/aromatic N) is 2. The van der Waals surface area contributed by atoms with Gasteiger partial charge >= 0.3 is 0 Å². The highest BCUT2D eigenvalue weighted by molar-refractivity contribution is 7.17. The SMILES string of the molecule is CCOc1sc(-c2cccnc2)nc1C(=O)Cl. The molecule has 0 N–H and O–H groups in total. The molecule has 0 aliphatic heterocycles. The Balaban J connectivity index is 2.44. The Bertz CT molecular complexity index is 528. The first kappa shape index (κ1) is 12.0. The van der Waals surface area contributed by atoms with Gasteiger partial charge in [-0.1, -0.05) is 11.3 Å². The molecule has 0 saturated heterocycles. The zero-order chi connectivity index (χ0) is 12.3. The van der Waals surface area contributed by atoms with Crippen LogP contribution in [0.15, 0.2) is 24.5 Å². The van der Waals surface area contributed by atoms with Crippen LogP contribution in [0.1, 0.15) is 17.4 Å². The summed E-state index contributed by atoms with van der Waals surface area (Å²) in [7, 11) is 0. The van der Waals surface area contributed by atoms with E-state index in [1.54, 1.807) is 18.5 Å². The largest absolute Gasteiger partial charge is 0.482 e. The number of carbonyl (C=O) groups excluding carboxylic acids is 1.